The first-order valence-corrected chi connectivity index (χ1v) is 13.4. The van der Waals surface area contributed by atoms with Crippen LogP contribution in [0.5, 0.6) is 11.5 Å². The lowest BCUT2D eigenvalue weighted by molar-refractivity contribution is -0.113. The second-order valence-corrected chi connectivity index (χ2v) is 9.59. The largest absolute Gasteiger partial charge is 0.497 e. The predicted molar refractivity (Wildman–Crippen MR) is 158 cm³/mol. The topological polar surface area (TPSA) is 93.7 Å². The van der Waals surface area contributed by atoms with Gasteiger partial charge >= 0.3 is 0 Å². The van der Waals surface area contributed by atoms with Gasteiger partial charge in [-0.1, -0.05) is 48.5 Å². The van der Waals surface area contributed by atoms with Gasteiger partial charge in [0.25, 0.3) is 11.8 Å². The number of hydrogen-bond acceptors (Lipinski definition) is 6. The Labute approximate surface area is 237 Å². The van der Waals surface area contributed by atoms with E-state index in [2.05, 4.69) is 10.6 Å². The molecule has 0 unspecified atom stereocenters. The van der Waals surface area contributed by atoms with Crippen molar-refractivity contribution in [2.75, 3.05) is 25.3 Å². The highest BCUT2D eigenvalue weighted by Crippen LogP contribution is 2.27. The van der Waals surface area contributed by atoms with Crippen LogP contribution in [0.15, 0.2) is 114 Å². The lowest BCUT2D eigenvalue weighted by atomic mass is 10.1. The Morgan fingerprint density at radius 3 is 2.05 bits per heavy atom. The molecular formula is C32H28N2O5S. The standard InChI is InChI=1S/C32H28N2O5S/c1-38-26-16-13-24(30(20-26)39-2)19-28(34-31(36)23-11-7-4-8-12-23)32(37)33-25-14-17-27(18-15-25)40-21-29(35)22-9-5-3-6-10-22/h3-20H,21H2,1-2H3,(H,33,37)(H,34,36)/b28-19-. The van der Waals surface area contributed by atoms with Gasteiger partial charge in [0.1, 0.15) is 17.2 Å². The van der Waals surface area contributed by atoms with Crippen LogP contribution in [0.3, 0.4) is 0 Å². The van der Waals surface area contributed by atoms with Crippen LogP contribution < -0.4 is 20.1 Å². The fraction of sp³-hybridized carbons (Fsp3) is 0.0938. The monoisotopic (exact) mass is 552 g/mol. The van der Waals surface area contributed by atoms with E-state index in [4.69, 9.17) is 9.47 Å². The van der Waals surface area contributed by atoms with Crippen LogP contribution in [0.1, 0.15) is 26.3 Å². The van der Waals surface area contributed by atoms with Crippen LogP contribution in [0.2, 0.25) is 0 Å². The smallest absolute Gasteiger partial charge is 0.272 e. The molecule has 202 valence electrons. The number of Topliss-reactive ketones (excluding diaryl/α,β-unsaturated/α-hetero) is 1. The number of carbonyl (C=O) groups is 3. The normalized spacial score (nSPS) is 10.9. The van der Waals surface area contributed by atoms with Crippen molar-refractivity contribution in [2.45, 2.75) is 4.90 Å². The van der Waals surface area contributed by atoms with Crippen LogP contribution in [-0.2, 0) is 4.79 Å². The van der Waals surface area contributed by atoms with Crippen LogP contribution in [0.4, 0.5) is 5.69 Å². The van der Waals surface area contributed by atoms with Gasteiger partial charge < -0.3 is 20.1 Å². The summed E-state index contributed by atoms with van der Waals surface area (Å²) >= 11 is 1.42. The van der Waals surface area contributed by atoms with Crippen molar-refractivity contribution < 1.29 is 23.9 Å². The number of anilines is 1. The summed E-state index contributed by atoms with van der Waals surface area (Å²) < 4.78 is 10.7. The first-order chi connectivity index (χ1) is 19.5. The molecule has 0 saturated carbocycles. The fourth-order valence-corrected chi connectivity index (χ4v) is 4.52. The lowest BCUT2D eigenvalue weighted by Crippen LogP contribution is -2.30. The molecule has 7 nitrogen and oxygen atoms in total. The third-order valence-corrected chi connectivity index (χ3v) is 6.86. The average molecular weight is 553 g/mol. The van der Waals surface area contributed by atoms with E-state index in [0.29, 0.717) is 39.6 Å². The van der Waals surface area contributed by atoms with Gasteiger partial charge in [0.05, 0.1) is 20.0 Å². The molecule has 0 radical (unpaired) electrons. The summed E-state index contributed by atoms with van der Waals surface area (Å²) in [5, 5.41) is 5.56. The Hall–Kier alpha value is -4.82. The molecule has 0 bridgehead atoms. The quantitative estimate of drug-likeness (QED) is 0.133. The van der Waals surface area contributed by atoms with Gasteiger partial charge in [0.2, 0.25) is 0 Å². The Bertz CT molecular complexity index is 1500. The molecule has 0 aliphatic carbocycles. The number of nitrogens with one attached hydrogen (secondary N) is 2. The van der Waals surface area contributed by atoms with Gasteiger partial charge in [0.15, 0.2) is 5.78 Å². The van der Waals surface area contributed by atoms with E-state index in [-0.39, 0.29) is 11.5 Å². The van der Waals surface area contributed by atoms with Gasteiger partial charge in [-0.3, -0.25) is 14.4 Å². The van der Waals surface area contributed by atoms with Gasteiger partial charge in [0, 0.05) is 33.3 Å². The van der Waals surface area contributed by atoms with E-state index >= 15 is 0 Å². The van der Waals surface area contributed by atoms with Crippen molar-refractivity contribution in [3.05, 3.63) is 126 Å². The van der Waals surface area contributed by atoms with E-state index in [1.165, 1.54) is 18.9 Å². The molecule has 0 aliphatic rings. The Morgan fingerprint density at radius 2 is 1.43 bits per heavy atom. The molecule has 0 heterocycles. The molecular weight excluding hydrogens is 524 g/mol. The van der Waals surface area contributed by atoms with Crippen molar-refractivity contribution >= 4 is 41.1 Å². The molecule has 2 amide bonds. The van der Waals surface area contributed by atoms with Crippen LogP contribution in [0, 0.1) is 0 Å². The number of benzene rings is 4. The van der Waals surface area contributed by atoms with E-state index in [9.17, 15) is 14.4 Å². The van der Waals surface area contributed by atoms with Crippen molar-refractivity contribution in [1.82, 2.24) is 5.32 Å². The maximum Gasteiger partial charge on any atom is 0.272 e. The number of carbonyl (C=O) groups excluding carboxylic acids is 3. The molecule has 4 aromatic carbocycles. The molecule has 0 atom stereocenters. The zero-order valence-corrected chi connectivity index (χ0v) is 22.9. The van der Waals surface area contributed by atoms with Gasteiger partial charge in [-0.15, -0.1) is 11.8 Å². The second kappa shape index (κ2) is 13.8. The molecule has 4 aromatic rings. The fourth-order valence-electron chi connectivity index (χ4n) is 3.72. The molecule has 0 aliphatic heterocycles. The second-order valence-electron chi connectivity index (χ2n) is 8.54. The third-order valence-electron chi connectivity index (χ3n) is 5.85. The highest BCUT2D eigenvalue weighted by atomic mass is 32.2. The Kier molecular flexibility index (Phi) is 9.74. The summed E-state index contributed by atoms with van der Waals surface area (Å²) in [6.07, 6.45) is 1.55. The molecule has 0 spiro atoms. The minimum absolute atomic E-state index is 0.0317. The Balaban J connectivity index is 1.50. The molecule has 0 fully saturated rings. The van der Waals surface area contributed by atoms with Crippen molar-refractivity contribution in [3.63, 3.8) is 0 Å². The average Bonchev–Trinajstić information content (AvgIpc) is 3.01. The first-order valence-electron chi connectivity index (χ1n) is 12.4. The molecule has 2 N–H and O–H groups in total. The maximum atomic E-state index is 13.4. The van der Waals surface area contributed by atoms with Crippen LogP contribution >= 0.6 is 11.8 Å². The molecule has 4 rings (SSSR count). The van der Waals surface area contributed by atoms with Crippen molar-refractivity contribution in [2.24, 2.45) is 0 Å². The van der Waals surface area contributed by atoms with E-state index in [0.717, 1.165) is 4.90 Å². The summed E-state index contributed by atoms with van der Waals surface area (Å²) in [6, 6.07) is 30.1. The van der Waals surface area contributed by atoms with E-state index < -0.39 is 11.8 Å². The highest BCUT2D eigenvalue weighted by Gasteiger charge is 2.17. The maximum absolute atomic E-state index is 13.4. The van der Waals surface area contributed by atoms with Crippen LogP contribution in [0.25, 0.3) is 6.08 Å². The molecule has 0 saturated heterocycles. The van der Waals surface area contributed by atoms with Gasteiger partial charge in [-0.2, -0.15) is 0 Å². The number of amides is 2. The Morgan fingerprint density at radius 1 is 0.775 bits per heavy atom. The number of ketones is 1. The molecule has 40 heavy (non-hydrogen) atoms. The third kappa shape index (κ3) is 7.61. The zero-order valence-electron chi connectivity index (χ0n) is 22.0. The first kappa shape index (κ1) is 28.2. The summed E-state index contributed by atoms with van der Waals surface area (Å²) in [7, 11) is 3.07. The van der Waals surface area contributed by atoms with Gasteiger partial charge in [-0.25, -0.2) is 0 Å². The van der Waals surface area contributed by atoms with E-state index in [1.54, 1.807) is 79.9 Å². The summed E-state index contributed by atoms with van der Waals surface area (Å²) in [6.45, 7) is 0. The number of hydrogen-bond donors (Lipinski definition) is 2. The summed E-state index contributed by atoms with van der Waals surface area (Å²) in [4.78, 5) is 39.6. The lowest BCUT2D eigenvalue weighted by Gasteiger charge is -2.13. The van der Waals surface area contributed by atoms with Crippen molar-refractivity contribution in [1.29, 1.82) is 0 Å². The zero-order chi connectivity index (χ0) is 28.3. The van der Waals surface area contributed by atoms with Crippen molar-refractivity contribution in [3.8, 4) is 11.5 Å². The van der Waals surface area contributed by atoms with Gasteiger partial charge in [-0.05, 0) is 54.6 Å². The SMILES string of the molecule is COc1ccc(/C=C(\NC(=O)c2ccccc2)C(=O)Nc2ccc(SCC(=O)c3ccccc3)cc2)c(OC)c1. The highest BCUT2D eigenvalue weighted by molar-refractivity contribution is 8.00. The minimum Gasteiger partial charge on any atom is -0.497 e. The summed E-state index contributed by atoms with van der Waals surface area (Å²) in [5.74, 6) is 0.478. The number of ether oxygens (including phenoxy) is 2. The molecule has 0 aromatic heterocycles. The number of rotatable bonds is 11. The minimum atomic E-state index is -0.512. The number of thioether (sulfide) groups is 1. The number of methoxy groups -OCH3 is 2. The van der Waals surface area contributed by atoms with Crippen LogP contribution in [-0.4, -0.2) is 37.6 Å². The molecule has 8 heteroatoms. The summed E-state index contributed by atoms with van der Waals surface area (Å²) in [5.41, 5.74) is 2.23. The van der Waals surface area contributed by atoms with E-state index in [1.807, 2.05) is 36.4 Å². The predicted octanol–water partition coefficient (Wildman–Crippen LogP) is 6.09.